The van der Waals surface area contributed by atoms with E-state index in [9.17, 15) is 14.4 Å². The number of carbonyl (C=O) groups excluding carboxylic acids is 3. The minimum atomic E-state index is -0.711. The van der Waals surface area contributed by atoms with Crippen molar-refractivity contribution in [3.63, 3.8) is 0 Å². The molecule has 0 bridgehead atoms. The lowest BCUT2D eigenvalue weighted by Crippen LogP contribution is -2.44. The van der Waals surface area contributed by atoms with Gasteiger partial charge in [-0.15, -0.1) is 0 Å². The van der Waals surface area contributed by atoms with Crippen LogP contribution in [0.5, 0.6) is 5.75 Å². The fraction of sp³-hybridized carbons (Fsp3) is 0.185. The van der Waals surface area contributed by atoms with Crippen molar-refractivity contribution in [1.29, 1.82) is 0 Å². The summed E-state index contributed by atoms with van der Waals surface area (Å²) in [5.74, 6) is -0.595. The highest BCUT2D eigenvalue weighted by Crippen LogP contribution is 2.30. The number of anilines is 2. The molecule has 1 aliphatic heterocycles. The molecule has 0 radical (unpaired) electrons. The first kappa shape index (κ1) is 23.1. The lowest BCUT2D eigenvalue weighted by molar-refractivity contribution is -0.124. The van der Waals surface area contributed by atoms with Crippen molar-refractivity contribution in [3.05, 3.63) is 83.2 Å². The van der Waals surface area contributed by atoms with Crippen LogP contribution in [-0.2, 0) is 20.9 Å². The summed E-state index contributed by atoms with van der Waals surface area (Å²) in [6.45, 7) is 3.07. The van der Waals surface area contributed by atoms with Crippen LogP contribution in [0.25, 0.3) is 10.8 Å². The van der Waals surface area contributed by atoms with Gasteiger partial charge in [0.2, 0.25) is 5.91 Å². The smallest absolute Gasteiger partial charge is 0.342 e. The number of carbonyl (C=O) groups is 3. The van der Waals surface area contributed by atoms with E-state index in [1.807, 2.05) is 31.2 Å². The molecule has 1 aromatic heterocycles. The third-order valence-corrected chi connectivity index (χ3v) is 6.02. The number of nitrogens with one attached hydrogen (secondary N) is 1. The molecule has 36 heavy (non-hydrogen) atoms. The number of aromatic nitrogens is 1. The van der Waals surface area contributed by atoms with E-state index in [1.54, 1.807) is 43.3 Å². The summed E-state index contributed by atoms with van der Waals surface area (Å²) in [4.78, 5) is 39.4. The Morgan fingerprint density at radius 3 is 2.53 bits per heavy atom. The lowest BCUT2D eigenvalue weighted by atomic mass is 10.1. The van der Waals surface area contributed by atoms with Crippen LogP contribution < -0.4 is 15.0 Å². The zero-order chi connectivity index (χ0) is 25.2. The van der Waals surface area contributed by atoms with E-state index in [0.29, 0.717) is 28.6 Å². The van der Waals surface area contributed by atoms with Gasteiger partial charge in [0.15, 0.2) is 6.61 Å². The summed E-state index contributed by atoms with van der Waals surface area (Å²) in [5.41, 5.74) is 2.75. The quantitative estimate of drug-likeness (QED) is 0.408. The van der Waals surface area contributed by atoms with Gasteiger partial charge in [0.05, 0.1) is 22.6 Å². The highest BCUT2D eigenvalue weighted by Gasteiger charge is 2.28. The molecule has 5 rings (SSSR count). The molecule has 4 aromatic rings. The van der Waals surface area contributed by atoms with Gasteiger partial charge in [-0.05, 0) is 48.9 Å². The number of hydrogen-bond donors (Lipinski definition) is 1. The Kier molecular flexibility index (Phi) is 6.12. The molecule has 0 fully saturated rings. The average molecular weight is 485 g/mol. The zero-order valence-corrected chi connectivity index (χ0v) is 19.7. The fourth-order valence-electron chi connectivity index (χ4n) is 4.09. The molecule has 0 aliphatic carbocycles. The summed E-state index contributed by atoms with van der Waals surface area (Å²) in [7, 11) is 0. The molecule has 3 aromatic carbocycles. The van der Waals surface area contributed by atoms with Crippen LogP contribution >= 0.6 is 0 Å². The van der Waals surface area contributed by atoms with Gasteiger partial charge in [-0.1, -0.05) is 41.6 Å². The van der Waals surface area contributed by atoms with Crippen LogP contribution in [0.15, 0.2) is 65.2 Å². The van der Waals surface area contributed by atoms with E-state index in [1.165, 1.54) is 4.90 Å². The van der Waals surface area contributed by atoms with Crippen molar-refractivity contribution in [2.75, 3.05) is 23.4 Å². The molecule has 1 aliphatic rings. The molecule has 182 valence electrons. The molecule has 0 unspecified atom stereocenters. The second-order valence-corrected chi connectivity index (χ2v) is 8.41. The van der Waals surface area contributed by atoms with Gasteiger partial charge < -0.3 is 19.3 Å². The summed E-state index contributed by atoms with van der Waals surface area (Å²) in [6.07, 6.45) is 0. The molecule has 0 saturated heterocycles. The molecule has 9 heteroatoms. The third-order valence-electron chi connectivity index (χ3n) is 6.02. The monoisotopic (exact) mass is 485 g/mol. The van der Waals surface area contributed by atoms with Crippen LogP contribution in [-0.4, -0.2) is 36.1 Å². The van der Waals surface area contributed by atoms with E-state index < -0.39 is 18.5 Å². The normalized spacial score (nSPS) is 12.7. The molecule has 9 nitrogen and oxygen atoms in total. The Bertz CT molecular complexity index is 1470. The standard InChI is InChI=1S/C27H23N3O6/c1-16-21(17(2)36-29-16)14-34-24-12-19-8-4-3-7-18(19)11-20(24)27(33)35-15-26(32)30-13-25(31)28-22-9-5-6-10-23(22)30/h3-12H,13-15H2,1-2H3,(H,28,31). The number of esters is 1. The van der Waals surface area contributed by atoms with Gasteiger partial charge in [-0.2, -0.15) is 0 Å². The van der Waals surface area contributed by atoms with E-state index in [-0.39, 0.29) is 24.6 Å². The van der Waals surface area contributed by atoms with E-state index in [2.05, 4.69) is 10.5 Å². The van der Waals surface area contributed by atoms with Crippen LogP contribution in [0.4, 0.5) is 11.4 Å². The van der Waals surface area contributed by atoms with Crippen molar-refractivity contribution >= 4 is 39.9 Å². The number of benzene rings is 3. The number of para-hydroxylation sites is 2. The van der Waals surface area contributed by atoms with Gasteiger partial charge in [0.1, 0.15) is 30.2 Å². The third kappa shape index (κ3) is 4.50. The van der Waals surface area contributed by atoms with Gasteiger partial charge in [-0.25, -0.2) is 4.79 Å². The second-order valence-electron chi connectivity index (χ2n) is 8.41. The van der Waals surface area contributed by atoms with Gasteiger partial charge in [0.25, 0.3) is 5.91 Å². The zero-order valence-electron chi connectivity index (χ0n) is 19.7. The molecule has 0 spiro atoms. The van der Waals surface area contributed by atoms with E-state index >= 15 is 0 Å². The molecule has 1 N–H and O–H groups in total. The van der Waals surface area contributed by atoms with Crippen molar-refractivity contribution in [1.82, 2.24) is 5.16 Å². The number of aryl methyl sites for hydroxylation is 2. The SMILES string of the molecule is Cc1noc(C)c1COc1cc2ccccc2cc1C(=O)OCC(=O)N1CC(=O)Nc2ccccc21. The number of nitrogens with zero attached hydrogens (tertiary/aromatic N) is 2. The van der Waals surface area contributed by atoms with Gasteiger partial charge in [0, 0.05) is 0 Å². The highest BCUT2D eigenvalue weighted by molar-refractivity contribution is 6.10. The Morgan fingerprint density at radius 2 is 1.78 bits per heavy atom. The summed E-state index contributed by atoms with van der Waals surface area (Å²) < 4.78 is 16.6. The predicted octanol–water partition coefficient (Wildman–Crippen LogP) is 4.17. The van der Waals surface area contributed by atoms with Crippen molar-refractivity contribution in [2.24, 2.45) is 0 Å². The Hall–Kier alpha value is -4.66. The molecule has 0 atom stereocenters. The molecular formula is C27H23N3O6. The van der Waals surface area contributed by atoms with Crippen molar-refractivity contribution in [2.45, 2.75) is 20.5 Å². The van der Waals surface area contributed by atoms with Crippen LogP contribution in [0.2, 0.25) is 0 Å². The maximum absolute atomic E-state index is 13.1. The molecule has 0 saturated carbocycles. The van der Waals surface area contributed by atoms with Crippen LogP contribution in [0, 0.1) is 13.8 Å². The van der Waals surface area contributed by atoms with Crippen molar-refractivity contribution < 1.29 is 28.4 Å². The van der Waals surface area contributed by atoms with E-state index in [0.717, 1.165) is 16.3 Å². The Morgan fingerprint density at radius 1 is 1.06 bits per heavy atom. The van der Waals surface area contributed by atoms with Crippen LogP contribution in [0.3, 0.4) is 0 Å². The minimum Gasteiger partial charge on any atom is -0.488 e. The Labute approximate surface area is 206 Å². The first-order valence-electron chi connectivity index (χ1n) is 11.3. The topological polar surface area (TPSA) is 111 Å². The minimum absolute atomic E-state index is 0.151. The second kappa shape index (κ2) is 9.53. The predicted molar refractivity (Wildman–Crippen MR) is 132 cm³/mol. The lowest BCUT2D eigenvalue weighted by Gasteiger charge is -2.28. The number of ether oxygens (including phenoxy) is 2. The van der Waals surface area contributed by atoms with E-state index in [4.69, 9.17) is 14.0 Å². The number of hydrogen-bond acceptors (Lipinski definition) is 7. The van der Waals surface area contributed by atoms with Crippen LogP contribution in [0.1, 0.15) is 27.4 Å². The Balaban J connectivity index is 1.37. The maximum Gasteiger partial charge on any atom is 0.342 e. The number of amides is 2. The summed E-state index contributed by atoms with van der Waals surface area (Å²) >= 11 is 0. The first-order valence-corrected chi connectivity index (χ1v) is 11.3. The number of fused-ring (bicyclic) bond motifs is 2. The largest absolute Gasteiger partial charge is 0.488 e. The first-order chi connectivity index (χ1) is 17.4. The molecule has 2 amide bonds. The summed E-state index contributed by atoms with van der Waals surface area (Å²) in [5, 5.41) is 8.36. The summed E-state index contributed by atoms with van der Waals surface area (Å²) in [6, 6.07) is 17.9. The number of rotatable bonds is 6. The van der Waals surface area contributed by atoms with Gasteiger partial charge >= 0.3 is 5.97 Å². The highest BCUT2D eigenvalue weighted by atomic mass is 16.5. The maximum atomic E-state index is 13.1. The van der Waals surface area contributed by atoms with Crippen molar-refractivity contribution in [3.8, 4) is 5.75 Å². The van der Waals surface area contributed by atoms with Gasteiger partial charge in [-0.3, -0.25) is 14.5 Å². The fourth-order valence-corrected chi connectivity index (χ4v) is 4.09. The molecular weight excluding hydrogens is 462 g/mol. The molecule has 2 heterocycles. The average Bonchev–Trinajstić information content (AvgIpc) is 3.21.